The Morgan fingerprint density at radius 1 is 1.25 bits per heavy atom. The molecule has 0 bridgehead atoms. The first-order valence-electron chi connectivity index (χ1n) is 7.85. The van der Waals surface area contributed by atoms with Crippen LogP contribution in [0, 0.1) is 5.92 Å². The molecule has 1 aliphatic rings. The largest absolute Gasteiger partial charge is 0.321 e. The van der Waals surface area contributed by atoms with Gasteiger partial charge in [-0.15, -0.1) is 0 Å². The number of benzene rings is 1. The summed E-state index contributed by atoms with van der Waals surface area (Å²) in [6, 6.07) is 10.5. The van der Waals surface area contributed by atoms with Gasteiger partial charge in [0.25, 0.3) is 0 Å². The molecule has 1 aromatic heterocycles. The summed E-state index contributed by atoms with van der Waals surface area (Å²) in [5.74, 6) is 0.880. The van der Waals surface area contributed by atoms with E-state index in [1.807, 2.05) is 12.3 Å². The maximum Gasteiger partial charge on any atom is 0.0702 e. The van der Waals surface area contributed by atoms with Crippen molar-refractivity contribution in [2.24, 2.45) is 11.7 Å². The molecule has 0 radical (unpaired) electrons. The van der Waals surface area contributed by atoms with Crippen LogP contribution in [0.15, 0.2) is 36.5 Å². The maximum atomic E-state index is 6.69. The lowest BCUT2D eigenvalue weighted by atomic mass is 9.72. The van der Waals surface area contributed by atoms with Gasteiger partial charge in [0.2, 0.25) is 0 Å². The lowest BCUT2D eigenvalue weighted by Gasteiger charge is -2.37. The van der Waals surface area contributed by atoms with Crippen LogP contribution in [-0.2, 0) is 5.54 Å². The van der Waals surface area contributed by atoms with Crippen molar-refractivity contribution < 1.29 is 0 Å². The van der Waals surface area contributed by atoms with Crippen LogP contribution in [0.5, 0.6) is 0 Å². The van der Waals surface area contributed by atoms with Crippen LogP contribution in [-0.4, -0.2) is 4.98 Å². The predicted octanol–water partition coefficient (Wildman–Crippen LogP) is 4.38. The average molecular weight is 268 g/mol. The van der Waals surface area contributed by atoms with Gasteiger partial charge in [-0.3, -0.25) is 4.98 Å². The molecule has 3 rings (SSSR count). The van der Waals surface area contributed by atoms with Gasteiger partial charge >= 0.3 is 0 Å². The maximum absolute atomic E-state index is 6.69. The summed E-state index contributed by atoms with van der Waals surface area (Å²) in [6.07, 6.45) is 9.35. The highest BCUT2D eigenvalue weighted by Gasteiger charge is 2.33. The van der Waals surface area contributed by atoms with Gasteiger partial charge in [-0.1, -0.05) is 38.0 Å². The molecule has 1 aliphatic carbocycles. The van der Waals surface area contributed by atoms with Gasteiger partial charge in [-0.2, -0.15) is 0 Å². The molecular weight excluding hydrogens is 244 g/mol. The summed E-state index contributed by atoms with van der Waals surface area (Å²) >= 11 is 0. The van der Waals surface area contributed by atoms with Crippen LogP contribution >= 0.6 is 0 Å². The van der Waals surface area contributed by atoms with Crippen molar-refractivity contribution in [3.63, 3.8) is 0 Å². The zero-order valence-electron chi connectivity index (χ0n) is 12.3. The second kappa shape index (κ2) is 5.53. The summed E-state index contributed by atoms with van der Waals surface area (Å²) < 4.78 is 0. The molecule has 1 heterocycles. The fourth-order valence-corrected chi connectivity index (χ4v) is 3.52. The molecule has 2 nitrogen and oxygen atoms in total. The normalized spacial score (nSPS) is 26.8. The number of nitrogens with zero attached hydrogens (tertiary/aromatic N) is 1. The fraction of sp³-hybridized carbons (Fsp3) is 0.500. The molecule has 0 spiro atoms. The van der Waals surface area contributed by atoms with Crippen LogP contribution in [0.1, 0.15) is 51.0 Å². The Kier molecular flexibility index (Phi) is 3.75. The van der Waals surface area contributed by atoms with E-state index in [2.05, 4.69) is 36.2 Å². The molecule has 2 N–H and O–H groups in total. The van der Waals surface area contributed by atoms with Crippen LogP contribution in [0.25, 0.3) is 10.9 Å². The third-order valence-corrected chi connectivity index (χ3v) is 4.86. The summed E-state index contributed by atoms with van der Waals surface area (Å²) in [5, 5.41) is 1.20. The first-order chi connectivity index (χ1) is 9.71. The van der Waals surface area contributed by atoms with Crippen molar-refractivity contribution in [2.45, 2.75) is 51.0 Å². The molecule has 2 heteroatoms. The van der Waals surface area contributed by atoms with E-state index in [0.29, 0.717) is 0 Å². The van der Waals surface area contributed by atoms with Crippen molar-refractivity contribution >= 4 is 10.9 Å². The van der Waals surface area contributed by atoms with E-state index in [0.717, 1.165) is 24.3 Å². The van der Waals surface area contributed by atoms with E-state index in [1.54, 1.807) is 0 Å². The summed E-state index contributed by atoms with van der Waals surface area (Å²) in [4.78, 5) is 4.58. The number of para-hydroxylation sites is 1. The Morgan fingerprint density at radius 3 is 2.75 bits per heavy atom. The van der Waals surface area contributed by atoms with Crippen molar-refractivity contribution in [1.29, 1.82) is 0 Å². The number of fused-ring (bicyclic) bond motifs is 1. The SMILES string of the molecule is CCCC1CCC(N)(c2cnc3ccccc3c2)CC1. The first kappa shape index (κ1) is 13.6. The second-order valence-corrected chi connectivity index (χ2v) is 6.30. The molecule has 106 valence electrons. The van der Waals surface area contributed by atoms with Crippen LogP contribution in [0.4, 0.5) is 0 Å². The molecule has 1 saturated carbocycles. The minimum absolute atomic E-state index is 0.165. The summed E-state index contributed by atoms with van der Waals surface area (Å²) in [7, 11) is 0. The highest BCUT2D eigenvalue weighted by atomic mass is 14.8. The highest BCUT2D eigenvalue weighted by molar-refractivity contribution is 5.79. The van der Waals surface area contributed by atoms with Crippen molar-refractivity contribution in [1.82, 2.24) is 4.98 Å². The van der Waals surface area contributed by atoms with E-state index < -0.39 is 0 Å². The Morgan fingerprint density at radius 2 is 2.00 bits per heavy atom. The van der Waals surface area contributed by atoms with Crippen LogP contribution in [0.3, 0.4) is 0 Å². The van der Waals surface area contributed by atoms with Crippen molar-refractivity contribution in [3.8, 4) is 0 Å². The third kappa shape index (κ3) is 2.57. The smallest absolute Gasteiger partial charge is 0.0702 e. The Balaban J connectivity index is 1.83. The number of aromatic nitrogens is 1. The van der Waals surface area contributed by atoms with Gasteiger partial charge in [0.15, 0.2) is 0 Å². The highest BCUT2D eigenvalue weighted by Crippen LogP contribution is 2.39. The topological polar surface area (TPSA) is 38.9 Å². The molecule has 2 aromatic rings. The first-order valence-corrected chi connectivity index (χ1v) is 7.85. The quantitative estimate of drug-likeness (QED) is 0.897. The number of nitrogens with two attached hydrogens (primary N) is 1. The second-order valence-electron chi connectivity index (χ2n) is 6.30. The number of pyridine rings is 1. The molecule has 1 aromatic carbocycles. The molecule has 0 unspecified atom stereocenters. The minimum Gasteiger partial charge on any atom is -0.321 e. The molecule has 0 atom stereocenters. The summed E-state index contributed by atoms with van der Waals surface area (Å²) in [6.45, 7) is 2.28. The Bertz CT molecular complexity index is 583. The number of hydrogen-bond acceptors (Lipinski definition) is 2. The fourth-order valence-electron chi connectivity index (χ4n) is 3.52. The minimum atomic E-state index is -0.165. The Labute approximate surface area is 121 Å². The van der Waals surface area contributed by atoms with Crippen molar-refractivity contribution in [3.05, 3.63) is 42.1 Å². The standard InChI is InChI=1S/C18H24N2/c1-2-5-14-8-10-18(19,11-9-14)16-12-15-6-3-4-7-17(15)20-13-16/h3-4,6-7,12-14H,2,5,8-11,19H2,1H3. The molecule has 20 heavy (non-hydrogen) atoms. The molecule has 1 fully saturated rings. The van der Waals surface area contributed by atoms with Gasteiger partial charge in [0, 0.05) is 17.1 Å². The number of hydrogen-bond donors (Lipinski definition) is 1. The van der Waals surface area contributed by atoms with E-state index in [1.165, 1.54) is 36.6 Å². The molecule has 0 saturated heterocycles. The summed E-state index contributed by atoms with van der Waals surface area (Å²) in [5.41, 5.74) is 8.79. The third-order valence-electron chi connectivity index (χ3n) is 4.86. The molecule has 0 aliphatic heterocycles. The lowest BCUT2D eigenvalue weighted by Crippen LogP contribution is -2.40. The van der Waals surface area contributed by atoms with Crippen LogP contribution < -0.4 is 5.73 Å². The molecular formula is C18H24N2. The van der Waals surface area contributed by atoms with Gasteiger partial charge in [-0.05, 0) is 49.3 Å². The zero-order valence-corrected chi connectivity index (χ0v) is 12.3. The van der Waals surface area contributed by atoms with Gasteiger partial charge in [-0.25, -0.2) is 0 Å². The van der Waals surface area contributed by atoms with Crippen molar-refractivity contribution in [2.75, 3.05) is 0 Å². The Hall–Kier alpha value is -1.41. The van der Waals surface area contributed by atoms with E-state index in [9.17, 15) is 0 Å². The predicted molar refractivity (Wildman–Crippen MR) is 84.5 cm³/mol. The monoisotopic (exact) mass is 268 g/mol. The van der Waals surface area contributed by atoms with E-state index >= 15 is 0 Å². The van der Waals surface area contributed by atoms with Gasteiger partial charge < -0.3 is 5.73 Å². The zero-order chi connectivity index (χ0) is 14.0. The van der Waals surface area contributed by atoms with E-state index in [4.69, 9.17) is 5.73 Å². The average Bonchev–Trinajstić information content (AvgIpc) is 2.49. The van der Waals surface area contributed by atoms with Crippen LogP contribution in [0.2, 0.25) is 0 Å². The van der Waals surface area contributed by atoms with E-state index in [-0.39, 0.29) is 5.54 Å². The number of rotatable bonds is 3. The molecule has 0 amide bonds. The lowest BCUT2D eigenvalue weighted by molar-refractivity contribution is 0.226. The van der Waals surface area contributed by atoms with Gasteiger partial charge in [0.1, 0.15) is 0 Å². The van der Waals surface area contributed by atoms with Gasteiger partial charge in [0.05, 0.1) is 5.52 Å².